The second kappa shape index (κ2) is 6.29. The Hall–Kier alpha value is -0.540. The van der Waals surface area contributed by atoms with Gasteiger partial charge >= 0.3 is 0 Å². The van der Waals surface area contributed by atoms with Gasteiger partial charge in [-0.25, -0.2) is 8.42 Å². The van der Waals surface area contributed by atoms with Gasteiger partial charge in [-0.2, -0.15) is 0 Å². The first-order chi connectivity index (χ1) is 9.39. The lowest BCUT2D eigenvalue weighted by Gasteiger charge is -2.31. The molecular formula is C17H27ClO2S. The van der Waals surface area contributed by atoms with E-state index in [-0.39, 0.29) is 0 Å². The Morgan fingerprint density at radius 1 is 1.00 bits per heavy atom. The van der Waals surface area contributed by atoms with Crippen molar-refractivity contribution < 1.29 is 8.42 Å². The van der Waals surface area contributed by atoms with Gasteiger partial charge in [-0.15, -0.1) is 11.6 Å². The first-order valence-corrected chi connectivity index (χ1v) is 9.69. The molecule has 0 fully saturated rings. The van der Waals surface area contributed by atoms with Crippen LogP contribution >= 0.6 is 11.6 Å². The van der Waals surface area contributed by atoms with E-state index in [9.17, 15) is 8.42 Å². The lowest BCUT2D eigenvalue weighted by atomic mass is 9.87. The molecule has 2 nitrogen and oxygen atoms in total. The van der Waals surface area contributed by atoms with Gasteiger partial charge in [-0.1, -0.05) is 45.9 Å². The van der Waals surface area contributed by atoms with Gasteiger partial charge < -0.3 is 0 Å². The normalized spacial score (nSPS) is 14.8. The quantitative estimate of drug-likeness (QED) is 0.709. The van der Waals surface area contributed by atoms with E-state index in [1.165, 1.54) is 11.8 Å². The van der Waals surface area contributed by atoms with Crippen LogP contribution in [0.2, 0.25) is 0 Å². The molecule has 0 spiro atoms. The van der Waals surface area contributed by atoms with Crippen LogP contribution in [0.3, 0.4) is 0 Å². The van der Waals surface area contributed by atoms with E-state index < -0.39 is 20.0 Å². The second-order valence-corrected chi connectivity index (χ2v) is 9.97. The van der Waals surface area contributed by atoms with Crippen LogP contribution < -0.4 is 0 Å². The first-order valence-electron chi connectivity index (χ1n) is 7.37. The van der Waals surface area contributed by atoms with Crippen molar-refractivity contribution >= 4 is 21.4 Å². The van der Waals surface area contributed by atoms with Crippen molar-refractivity contribution in [1.82, 2.24) is 0 Å². The fourth-order valence-electron chi connectivity index (χ4n) is 2.25. The van der Waals surface area contributed by atoms with Gasteiger partial charge in [0.1, 0.15) is 0 Å². The minimum absolute atomic E-state index is 0.301. The van der Waals surface area contributed by atoms with Gasteiger partial charge in [0.2, 0.25) is 0 Å². The smallest absolute Gasteiger partial charge is 0.154 e. The highest BCUT2D eigenvalue weighted by molar-refractivity contribution is 7.92. The maximum atomic E-state index is 12.0. The SMILES string of the molecule is CC(C)c1ccc(C(Cl)C(C)(C)S(C)(=O)=O)c(C(C)C)c1. The molecule has 1 rings (SSSR count). The van der Waals surface area contributed by atoms with Crippen molar-refractivity contribution in [1.29, 1.82) is 0 Å². The summed E-state index contributed by atoms with van der Waals surface area (Å²) < 4.78 is 23.1. The summed E-state index contributed by atoms with van der Waals surface area (Å²) in [6.07, 6.45) is 1.25. The van der Waals surface area contributed by atoms with E-state index in [4.69, 9.17) is 11.6 Å². The van der Waals surface area contributed by atoms with E-state index >= 15 is 0 Å². The summed E-state index contributed by atoms with van der Waals surface area (Å²) in [5, 5.41) is -0.564. The average molecular weight is 331 g/mol. The van der Waals surface area contributed by atoms with Crippen molar-refractivity contribution in [2.45, 2.75) is 63.5 Å². The van der Waals surface area contributed by atoms with Gasteiger partial charge in [0, 0.05) is 6.26 Å². The molecule has 0 aromatic heterocycles. The Bertz CT molecular complexity index is 601. The summed E-state index contributed by atoms with van der Waals surface area (Å²) in [6, 6.07) is 6.22. The van der Waals surface area contributed by atoms with Crippen LogP contribution in [0.15, 0.2) is 18.2 Å². The predicted molar refractivity (Wildman–Crippen MR) is 92.1 cm³/mol. The summed E-state index contributed by atoms with van der Waals surface area (Å²) in [5.74, 6) is 0.739. The number of benzene rings is 1. The summed E-state index contributed by atoms with van der Waals surface area (Å²) in [7, 11) is -3.25. The highest BCUT2D eigenvalue weighted by atomic mass is 35.5. The first kappa shape index (κ1) is 18.5. The van der Waals surface area contributed by atoms with Crippen molar-refractivity contribution in [3.63, 3.8) is 0 Å². The molecule has 21 heavy (non-hydrogen) atoms. The molecule has 0 aliphatic rings. The maximum Gasteiger partial charge on any atom is 0.154 e. The number of alkyl halides is 1. The number of hydrogen-bond donors (Lipinski definition) is 0. The average Bonchev–Trinajstić information content (AvgIpc) is 2.35. The summed E-state index contributed by atoms with van der Waals surface area (Å²) >= 11 is 6.58. The van der Waals surface area contributed by atoms with Crippen LogP contribution in [-0.4, -0.2) is 19.4 Å². The molecule has 1 atom stereocenters. The molecule has 0 aliphatic heterocycles. The van der Waals surface area contributed by atoms with Crippen molar-refractivity contribution in [3.8, 4) is 0 Å². The molecular weight excluding hydrogens is 304 g/mol. The van der Waals surface area contributed by atoms with Crippen LogP contribution in [0.25, 0.3) is 0 Å². The lowest BCUT2D eigenvalue weighted by molar-refractivity contribution is 0.542. The lowest BCUT2D eigenvalue weighted by Crippen LogP contribution is -2.36. The molecule has 0 N–H and O–H groups in total. The summed E-state index contributed by atoms with van der Waals surface area (Å²) in [5.41, 5.74) is 3.31. The van der Waals surface area contributed by atoms with Gasteiger partial charge in [0.25, 0.3) is 0 Å². The standard InChI is InChI=1S/C17H27ClO2S/c1-11(2)13-8-9-14(15(10-13)12(3)4)16(18)17(5,6)21(7,19)20/h8-12,16H,1-7H3. The number of hydrogen-bond acceptors (Lipinski definition) is 2. The Balaban J connectivity index is 3.43. The van der Waals surface area contributed by atoms with Crippen LogP contribution in [0, 0.1) is 0 Å². The Labute approximate surface area is 134 Å². The monoisotopic (exact) mass is 330 g/mol. The maximum absolute atomic E-state index is 12.0. The van der Waals surface area contributed by atoms with Gasteiger partial charge in [-0.05, 0) is 42.4 Å². The second-order valence-electron chi connectivity index (χ2n) is 6.94. The molecule has 1 aromatic rings. The third-order valence-corrected chi connectivity index (χ3v) is 7.30. The highest BCUT2D eigenvalue weighted by Crippen LogP contribution is 2.41. The molecule has 0 aliphatic carbocycles. The highest BCUT2D eigenvalue weighted by Gasteiger charge is 2.40. The molecule has 0 amide bonds. The van der Waals surface area contributed by atoms with Crippen molar-refractivity contribution in [2.75, 3.05) is 6.26 Å². The zero-order valence-electron chi connectivity index (χ0n) is 14.1. The molecule has 1 aromatic carbocycles. The number of halogens is 1. The summed E-state index contributed by atoms with van der Waals surface area (Å²) in [4.78, 5) is 0. The molecule has 0 heterocycles. The van der Waals surface area contributed by atoms with Crippen LogP contribution in [0.1, 0.15) is 75.4 Å². The molecule has 0 saturated carbocycles. The van der Waals surface area contributed by atoms with Gasteiger partial charge in [0.05, 0.1) is 10.1 Å². The predicted octanol–water partition coefficient (Wildman–Crippen LogP) is 5.04. The van der Waals surface area contributed by atoms with Crippen LogP contribution in [0.5, 0.6) is 0 Å². The van der Waals surface area contributed by atoms with Crippen molar-refractivity contribution in [3.05, 3.63) is 34.9 Å². The Morgan fingerprint density at radius 3 is 1.90 bits per heavy atom. The summed E-state index contributed by atoms with van der Waals surface area (Å²) in [6.45, 7) is 11.9. The fraction of sp³-hybridized carbons (Fsp3) is 0.647. The van der Waals surface area contributed by atoms with Crippen molar-refractivity contribution in [2.24, 2.45) is 0 Å². The number of sulfone groups is 1. The molecule has 1 unspecified atom stereocenters. The Kier molecular flexibility index (Phi) is 5.55. The van der Waals surface area contributed by atoms with E-state index in [1.54, 1.807) is 13.8 Å². The topological polar surface area (TPSA) is 34.1 Å². The van der Waals surface area contributed by atoms with Gasteiger partial charge in [-0.3, -0.25) is 0 Å². The van der Waals surface area contributed by atoms with Gasteiger partial charge in [0.15, 0.2) is 9.84 Å². The van der Waals surface area contributed by atoms with E-state index in [0.717, 1.165) is 11.1 Å². The molecule has 4 heteroatoms. The Morgan fingerprint density at radius 2 is 1.52 bits per heavy atom. The van der Waals surface area contributed by atoms with Crippen LogP contribution in [-0.2, 0) is 9.84 Å². The third kappa shape index (κ3) is 3.81. The zero-order valence-corrected chi connectivity index (χ0v) is 15.6. The molecule has 120 valence electrons. The van der Waals surface area contributed by atoms with E-state index in [2.05, 4.69) is 39.8 Å². The minimum atomic E-state index is -3.25. The molecule has 0 saturated heterocycles. The van der Waals surface area contributed by atoms with E-state index in [1.807, 2.05) is 6.07 Å². The van der Waals surface area contributed by atoms with Crippen LogP contribution in [0.4, 0.5) is 0 Å². The third-order valence-electron chi connectivity index (χ3n) is 4.24. The fourth-order valence-corrected chi connectivity index (χ4v) is 3.43. The minimum Gasteiger partial charge on any atom is -0.229 e. The largest absolute Gasteiger partial charge is 0.229 e. The zero-order chi connectivity index (χ0) is 16.6. The molecule has 0 radical (unpaired) electrons. The van der Waals surface area contributed by atoms with E-state index in [0.29, 0.717) is 11.8 Å². The molecule has 0 bridgehead atoms. The number of rotatable bonds is 5.